The zero-order valence-electron chi connectivity index (χ0n) is 14.8. The molecule has 0 spiro atoms. The normalized spacial score (nSPS) is 14.8. The third-order valence-corrected chi connectivity index (χ3v) is 5.27. The van der Waals surface area contributed by atoms with Gasteiger partial charge in [0.25, 0.3) is 5.56 Å². The molecular formula is C20H14ClN3O5. The van der Waals surface area contributed by atoms with Gasteiger partial charge in [-0.2, -0.15) is 0 Å². The first-order chi connectivity index (χ1) is 13.9. The van der Waals surface area contributed by atoms with Crippen molar-refractivity contribution >= 4 is 23.2 Å². The summed E-state index contributed by atoms with van der Waals surface area (Å²) in [6.07, 6.45) is 0. The maximum absolute atomic E-state index is 13.4. The summed E-state index contributed by atoms with van der Waals surface area (Å²) in [5.74, 6) is -2.28. The van der Waals surface area contributed by atoms with Crippen LogP contribution in [0.25, 0.3) is 0 Å². The average Bonchev–Trinajstić information content (AvgIpc) is 2.89. The van der Waals surface area contributed by atoms with E-state index in [9.17, 15) is 24.3 Å². The predicted octanol–water partition coefficient (Wildman–Crippen LogP) is 1.49. The molecule has 1 aliphatic carbocycles. The van der Waals surface area contributed by atoms with Crippen LogP contribution < -0.4 is 16.6 Å². The van der Waals surface area contributed by atoms with Crippen molar-refractivity contribution in [3.8, 4) is 5.88 Å². The van der Waals surface area contributed by atoms with Gasteiger partial charge in [-0.1, -0.05) is 54.1 Å². The van der Waals surface area contributed by atoms with Crippen molar-refractivity contribution in [2.75, 3.05) is 0 Å². The summed E-state index contributed by atoms with van der Waals surface area (Å²) in [5.41, 5.74) is -4.02. The fraction of sp³-hybridized carbons (Fsp3) is 0.100. The van der Waals surface area contributed by atoms with Gasteiger partial charge in [0.15, 0.2) is 17.1 Å². The van der Waals surface area contributed by atoms with E-state index in [0.717, 1.165) is 0 Å². The minimum absolute atomic E-state index is 0.0524. The molecule has 1 heterocycles. The number of aromatic nitrogens is 2. The number of hydrogen-bond donors (Lipinski definition) is 4. The molecule has 3 aromatic rings. The molecule has 0 fully saturated rings. The van der Waals surface area contributed by atoms with Crippen molar-refractivity contribution in [2.45, 2.75) is 12.1 Å². The number of carbonyl (C=O) groups excluding carboxylic acids is 2. The van der Waals surface area contributed by atoms with Gasteiger partial charge in [0, 0.05) is 22.7 Å². The van der Waals surface area contributed by atoms with Gasteiger partial charge in [-0.15, -0.1) is 0 Å². The van der Waals surface area contributed by atoms with E-state index in [1.165, 1.54) is 12.1 Å². The molecular weight excluding hydrogens is 398 g/mol. The number of nitrogens with one attached hydrogen (secondary N) is 3. The second-order valence-electron chi connectivity index (χ2n) is 6.53. The molecule has 0 atom stereocenters. The predicted molar refractivity (Wildman–Crippen MR) is 104 cm³/mol. The Balaban J connectivity index is 1.94. The van der Waals surface area contributed by atoms with E-state index >= 15 is 0 Å². The maximum atomic E-state index is 13.4. The van der Waals surface area contributed by atoms with Crippen LogP contribution in [0.15, 0.2) is 58.1 Å². The van der Waals surface area contributed by atoms with E-state index in [2.05, 4.69) is 5.32 Å². The van der Waals surface area contributed by atoms with Crippen LogP contribution in [0.4, 0.5) is 0 Å². The molecule has 9 heteroatoms. The van der Waals surface area contributed by atoms with Crippen molar-refractivity contribution in [2.24, 2.45) is 0 Å². The largest absolute Gasteiger partial charge is 0.494 e. The van der Waals surface area contributed by atoms with E-state index in [0.29, 0.717) is 10.6 Å². The number of fused-ring (bicyclic) bond motifs is 1. The number of Topliss-reactive ketones (excluding diaryl/α,β-unsaturated/α-hetero) is 2. The lowest BCUT2D eigenvalue weighted by Crippen LogP contribution is -2.54. The monoisotopic (exact) mass is 411 g/mol. The van der Waals surface area contributed by atoms with E-state index in [-0.39, 0.29) is 17.7 Å². The van der Waals surface area contributed by atoms with E-state index < -0.39 is 39.8 Å². The van der Waals surface area contributed by atoms with Gasteiger partial charge in [0.05, 0.1) is 0 Å². The Morgan fingerprint density at radius 3 is 2.07 bits per heavy atom. The van der Waals surface area contributed by atoms with E-state index in [1.807, 2.05) is 9.97 Å². The zero-order valence-corrected chi connectivity index (χ0v) is 15.5. The fourth-order valence-corrected chi connectivity index (χ4v) is 3.76. The molecule has 2 aromatic carbocycles. The Labute approximate surface area is 168 Å². The SMILES string of the molecule is O=C1c2ccccc2C(=O)C1(NCc1ccccc1Cl)c1c(O)[nH]c(=O)[nH]c1=O. The van der Waals surface area contributed by atoms with Crippen LogP contribution in [0.5, 0.6) is 5.88 Å². The van der Waals surface area contributed by atoms with E-state index in [4.69, 9.17) is 11.6 Å². The number of carbonyl (C=O) groups is 2. The lowest BCUT2D eigenvalue weighted by atomic mass is 9.85. The highest BCUT2D eigenvalue weighted by molar-refractivity contribution is 6.33. The minimum atomic E-state index is -2.22. The summed E-state index contributed by atoms with van der Waals surface area (Å²) in [4.78, 5) is 54.8. The Bertz CT molecular complexity index is 1240. The number of hydrogen-bond acceptors (Lipinski definition) is 6. The summed E-state index contributed by atoms with van der Waals surface area (Å²) in [5, 5.41) is 13.5. The van der Waals surface area contributed by atoms with Crippen LogP contribution in [0.3, 0.4) is 0 Å². The van der Waals surface area contributed by atoms with Crippen molar-refractivity contribution in [1.29, 1.82) is 0 Å². The number of benzene rings is 2. The highest BCUT2D eigenvalue weighted by atomic mass is 35.5. The van der Waals surface area contributed by atoms with Gasteiger partial charge >= 0.3 is 5.69 Å². The molecule has 146 valence electrons. The van der Waals surface area contributed by atoms with Crippen LogP contribution in [-0.2, 0) is 12.1 Å². The zero-order chi connectivity index (χ0) is 20.8. The topological polar surface area (TPSA) is 132 Å². The number of halogens is 1. The average molecular weight is 412 g/mol. The van der Waals surface area contributed by atoms with Gasteiger partial charge in [-0.25, -0.2) is 4.79 Å². The minimum Gasteiger partial charge on any atom is -0.494 e. The second kappa shape index (κ2) is 6.84. The molecule has 0 aliphatic heterocycles. The molecule has 4 rings (SSSR count). The highest BCUT2D eigenvalue weighted by Gasteiger charge is 2.57. The smallest absolute Gasteiger partial charge is 0.328 e. The molecule has 0 amide bonds. The number of aromatic hydroxyl groups is 1. The summed E-state index contributed by atoms with van der Waals surface area (Å²) < 4.78 is 0. The molecule has 0 unspecified atom stereocenters. The molecule has 0 bridgehead atoms. The van der Waals surface area contributed by atoms with E-state index in [1.54, 1.807) is 36.4 Å². The van der Waals surface area contributed by atoms with Gasteiger partial charge < -0.3 is 5.11 Å². The quantitative estimate of drug-likeness (QED) is 0.481. The number of aromatic amines is 2. The lowest BCUT2D eigenvalue weighted by molar-refractivity contribution is 0.0745. The number of H-pyrrole nitrogens is 2. The molecule has 0 saturated carbocycles. The van der Waals surface area contributed by atoms with Crippen molar-refractivity contribution in [3.05, 3.63) is 96.6 Å². The molecule has 1 aliphatic rings. The summed E-state index contributed by atoms with van der Waals surface area (Å²) in [6.45, 7) is -0.0524. The molecule has 4 N–H and O–H groups in total. The third-order valence-electron chi connectivity index (χ3n) is 4.90. The molecule has 8 nitrogen and oxygen atoms in total. The van der Waals surface area contributed by atoms with Crippen LogP contribution in [0.1, 0.15) is 31.8 Å². The molecule has 1 aromatic heterocycles. The Morgan fingerprint density at radius 2 is 1.48 bits per heavy atom. The molecule has 0 radical (unpaired) electrons. The molecule has 0 saturated heterocycles. The lowest BCUT2D eigenvalue weighted by Gasteiger charge is -2.27. The van der Waals surface area contributed by atoms with Crippen molar-refractivity contribution < 1.29 is 14.7 Å². The van der Waals surface area contributed by atoms with Gasteiger partial charge in [-0.05, 0) is 11.6 Å². The van der Waals surface area contributed by atoms with Crippen LogP contribution in [0, 0.1) is 0 Å². The maximum Gasteiger partial charge on any atom is 0.328 e. The van der Waals surface area contributed by atoms with Crippen LogP contribution in [0.2, 0.25) is 5.02 Å². The summed E-state index contributed by atoms with van der Waals surface area (Å²) in [7, 11) is 0. The van der Waals surface area contributed by atoms with Crippen LogP contribution in [-0.4, -0.2) is 26.6 Å². The first-order valence-corrected chi connectivity index (χ1v) is 8.97. The Hall–Kier alpha value is -3.49. The summed E-state index contributed by atoms with van der Waals surface area (Å²) in [6, 6.07) is 12.9. The van der Waals surface area contributed by atoms with Gasteiger partial charge in [-0.3, -0.25) is 29.7 Å². The van der Waals surface area contributed by atoms with Gasteiger partial charge in [0.1, 0.15) is 5.56 Å². The van der Waals surface area contributed by atoms with Crippen LogP contribution >= 0.6 is 11.6 Å². The molecule has 29 heavy (non-hydrogen) atoms. The van der Waals surface area contributed by atoms with Crippen molar-refractivity contribution in [1.82, 2.24) is 15.3 Å². The third kappa shape index (κ3) is 2.81. The number of ketones is 2. The number of rotatable bonds is 4. The highest BCUT2D eigenvalue weighted by Crippen LogP contribution is 2.39. The van der Waals surface area contributed by atoms with Gasteiger partial charge in [0.2, 0.25) is 5.88 Å². The second-order valence-corrected chi connectivity index (χ2v) is 6.94. The summed E-state index contributed by atoms with van der Waals surface area (Å²) >= 11 is 6.17. The Morgan fingerprint density at radius 1 is 0.897 bits per heavy atom. The standard InChI is InChI=1S/C20H14ClN3O5/c21-13-8-4-1-5-10(13)9-22-20(14-17(27)23-19(29)24-18(14)28)15(25)11-6-2-3-7-12(11)16(20)26/h1-8,22H,9H2,(H3,23,24,27,28,29). The first-order valence-electron chi connectivity index (χ1n) is 8.59. The first kappa shape index (κ1) is 18.9. The Kier molecular flexibility index (Phi) is 4.45. The van der Waals surface area contributed by atoms with Crippen molar-refractivity contribution in [3.63, 3.8) is 0 Å². The fourth-order valence-electron chi connectivity index (χ4n) is 3.55.